The lowest BCUT2D eigenvalue weighted by Gasteiger charge is -2.34. The lowest BCUT2D eigenvalue weighted by atomic mass is 10.3. The standard InChI is InChI=1S/C19H19FN4O4S/c20-14-1-3-15(4-2-14)21-19(26)23-11-9-22(10-12-23)18(25)13-29-17-7-5-16(6-8-17)24(27)28/h1-8H,9-13H2,(H,21,26). The number of non-ortho nitro benzene ring substituents is 1. The second kappa shape index (κ2) is 9.37. The van der Waals surface area contributed by atoms with Crippen LogP contribution in [0.2, 0.25) is 0 Å². The van der Waals surface area contributed by atoms with Crippen LogP contribution in [0.15, 0.2) is 53.4 Å². The molecule has 0 aromatic heterocycles. The SMILES string of the molecule is O=C(CSc1ccc([N+](=O)[O-])cc1)N1CCN(C(=O)Nc2ccc(F)cc2)CC1. The summed E-state index contributed by atoms with van der Waals surface area (Å²) in [6.07, 6.45) is 0. The van der Waals surface area contributed by atoms with E-state index in [2.05, 4.69) is 5.32 Å². The van der Waals surface area contributed by atoms with Gasteiger partial charge in [-0.05, 0) is 36.4 Å². The molecule has 1 fully saturated rings. The van der Waals surface area contributed by atoms with Gasteiger partial charge in [0.25, 0.3) is 5.69 Å². The van der Waals surface area contributed by atoms with Crippen molar-refractivity contribution in [3.63, 3.8) is 0 Å². The fraction of sp³-hybridized carbons (Fsp3) is 0.263. The van der Waals surface area contributed by atoms with E-state index in [0.29, 0.717) is 31.9 Å². The number of hydrogen-bond acceptors (Lipinski definition) is 5. The van der Waals surface area contributed by atoms with Gasteiger partial charge in [0.05, 0.1) is 10.7 Å². The van der Waals surface area contributed by atoms with Crippen LogP contribution in [-0.2, 0) is 4.79 Å². The number of nitrogens with zero attached hydrogens (tertiary/aromatic N) is 3. The molecule has 29 heavy (non-hydrogen) atoms. The number of amides is 3. The van der Waals surface area contributed by atoms with Crippen molar-refractivity contribution in [3.8, 4) is 0 Å². The Morgan fingerprint density at radius 3 is 2.17 bits per heavy atom. The molecule has 3 amide bonds. The summed E-state index contributed by atoms with van der Waals surface area (Å²) >= 11 is 1.32. The van der Waals surface area contributed by atoms with Gasteiger partial charge in [0, 0.05) is 48.9 Å². The van der Waals surface area contributed by atoms with E-state index < -0.39 is 4.92 Å². The predicted octanol–water partition coefficient (Wildman–Crippen LogP) is 3.20. The third kappa shape index (κ3) is 5.67. The Morgan fingerprint density at radius 2 is 1.59 bits per heavy atom. The molecule has 1 aliphatic rings. The van der Waals surface area contributed by atoms with Gasteiger partial charge in [-0.3, -0.25) is 14.9 Å². The van der Waals surface area contributed by atoms with Crippen LogP contribution >= 0.6 is 11.8 Å². The summed E-state index contributed by atoms with van der Waals surface area (Å²) in [6.45, 7) is 1.66. The van der Waals surface area contributed by atoms with Crippen molar-refractivity contribution in [2.24, 2.45) is 0 Å². The first-order valence-electron chi connectivity index (χ1n) is 8.89. The second-order valence-electron chi connectivity index (χ2n) is 6.34. The van der Waals surface area contributed by atoms with Crippen molar-refractivity contribution >= 4 is 35.1 Å². The molecule has 0 atom stereocenters. The van der Waals surface area contributed by atoms with Crippen LogP contribution in [0.1, 0.15) is 0 Å². The molecule has 2 aromatic carbocycles. The summed E-state index contributed by atoms with van der Waals surface area (Å²) in [5.41, 5.74) is 0.519. The maximum atomic E-state index is 12.9. The minimum absolute atomic E-state index is 0.00992. The van der Waals surface area contributed by atoms with Crippen LogP contribution in [0.5, 0.6) is 0 Å². The Kier molecular flexibility index (Phi) is 6.65. The van der Waals surface area contributed by atoms with E-state index in [0.717, 1.165) is 4.90 Å². The summed E-state index contributed by atoms with van der Waals surface area (Å²) in [7, 11) is 0. The van der Waals surface area contributed by atoms with Crippen molar-refractivity contribution in [1.29, 1.82) is 0 Å². The number of nitro benzene ring substituents is 1. The molecule has 0 radical (unpaired) electrons. The summed E-state index contributed by atoms with van der Waals surface area (Å²) in [4.78, 5) is 38.9. The van der Waals surface area contributed by atoms with E-state index in [1.807, 2.05) is 0 Å². The Bertz CT molecular complexity index is 884. The van der Waals surface area contributed by atoms with Gasteiger partial charge in [-0.2, -0.15) is 0 Å². The third-order valence-electron chi connectivity index (χ3n) is 4.42. The first-order chi connectivity index (χ1) is 13.9. The van der Waals surface area contributed by atoms with Gasteiger partial charge in [0.2, 0.25) is 5.91 Å². The normalized spacial score (nSPS) is 13.8. The highest BCUT2D eigenvalue weighted by atomic mass is 32.2. The van der Waals surface area contributed by atoms with Gasteiger partial charge in [-0.15, -0.1) is 11.8 Å². The number of nitrogens with one attached hydrogen (secondary N) is 1. The van der Waals surface area contributed by atoms with Gasteiger partial charge in [-0.25, -0.2) is 9.18 Å². The van der Waals surface area contributed by atoms with E-state index in [-0.39, 0.29) is 29.2 Å². The summed E-state index contributed by atoms with van der Waals surface area (Å²) in [6, 6.07) is 11.3. The van der Waals surface area contributed by atoms with Crippen molar-refractivity contribution in [1.82, 2.24) is 9.80 Å². The van der Waals surface area contributed by atoms with Gasteiger partial charge in [-0.1, -0.05) is 0 Å². The number of piperazine rings is 1. The first kappa shape index (κ1) is 20.6. The molecule has 10 heteroatoms. The molecule has 0 unspecified atom stereocenters. The molecule has 0 spiro atoms. The molecule has 0 bridgehead atoms. The van der Waals surface area contributed by atoms with Crippen molar-refractivity contribution in [2.45, 2.75) is 4.90 Å². The van der Waals surface area contributed by atoms with Crippen molar-refractivity contribution < 1.29 is 18.9 Å². The molecule has 2 aromatic rings. The number of urea groups is 1. The monoisotopic (exact) mass is 418 g/mol. The second-order valence-corrected chi connectivity index (χ2v) is 7.39. The number of halogens is 1. The Hall–Kier alpha value is -3.14. The van der Waals surface area contributed by atoms with Gasteiger partial charge < -0.3 is 15.1 Å². The van der Waals surface area contributed by atoms with E-state index in [1.54, 1.807) is 21.9 Å². The number of anilines is 1. The maximum Gasteiger partial charge on any atom is 0.321 e. The van der Waals surface area contributed by atoms with E-state index in [4.69, 9.17) is 0 Å². The quantitative estimate of drug-likeness (QED) is 0.457. The molecule has 1 heterocycles. The van der Waals surface area contributed by atoms with Crippen molar-refractivity contribution in [3.05, 3.63) is 64.5 Å². The highest BCUT2D eigenvalue weighted by Crippen LogP contribution is 2.22. The van der Waals surface area contributed by atoms with Gasteiger partial charge in [0.1, 0.15) is 5.82 Å². The number of nitro groups is 1. The zero-order valence-electron chi connectivity index (χ0n) is 15.4. The fourth-order valence-electron chi connectivity index (χ4n) is 2.80. The minimum Gasteiger partial charge on any atom is -0.338 e. The number of carbonyl (C=O) groups is 2. The number of thioether (sulfide) groups is 1. The number of rotatable bonds is 5. The first-order valence-corrected chi connectivity index (χ1v) is 9.87. The minimum atomic E-state index is -0.467. The molecule has 1 N–H and O–H groups in total. The number of benzene rings is 2. The highest BCUT2D eigenvalue weighted by molar-refractivity contribution is 8.00. The smallest absolute Gasteiger partial charge is 0.321 e. The van der Waals surface area contributed by atoms with E-state index >= 15 is 0 Å². The lowest BCUT2D eigenvalue weighted by molar-refractivity contribution is -0.384. The highest BCUT2D eigenvalue weighted by Gasteiger charge is 2.24. The van der Waals surface area contributed by atoms with Crippen LogP contribution in [0.4, 0.5) is 20.6 Å². The number of carbonyl (C=O) groups excluding carboxylic acids is 2. The largest absolute Gasteiger partial charge is 0.338 e. The average Bonchev–Trinajstić information content (AvgIpc) is 2.74. The maximum absolute atomic E-state index is 12.9. The zero-order valence-corrected chi connectivity index (χ0v) is 16.2. The summed E-state index contributed by atoms with van der Waals surface area (Å²) < 4.78 is 12.9. The average molecular weight is 418 g/mol. The van der Waals surface area contributed by atoms with Gasteiger partial charge in [0.15, 0.2) is 0 Å². The van der Waals surface area contributed by atoms with Crippen LogP contribution in [0.25, 0.3) is 0 Å². The predicted molar refractivity (Wildman–Crippen MR) is 107 cm³/mol. The van der Waals surface area contributed by atoms with Crippen LogP contribution < -0.4 is 5.32 Å². The molecular formula is C19H19FN4O4S. The molecule has 1 aliphatic heterocycles. The molecule has 0 aliphatic carbocycles. The van der Waals surface area contributed by atoms with E-state index in [1.165, 1.54) is 48.2 Å². The molecule has 0 saturated carbocycles. The molecule has 1 saturated heterocycles. The third-order valence-corrected chi connectivity index (χ3v) is 5.42. The summed E-state index contributed by atoms with van der Waals surface area (Å²) in [5.74, 6) is -0.201. The van der Waals surface area contributed by atoms with Crippen molar-refractivity contribution in [2.75, 3.05) is 37.2 Å². The Balaban J connectivity index is 1.43. The molecule has 152 valence electrons. The molecule has 3 rings (SSSR count). The number of hydrogen-bond donors (Lipinski definition) is 1. The fourth-order valence-corrected chi connectivity index (χ4v) is 3.60. The van der Waals surface area contributed by atoms with E-state index in [9.17, 15) is 24.1 Å². The van der Waals surface area contributed by atoms with Crippen LogP contribution in [0.3, 0.4) is 0 Å². The van der Waals surface area contributed by atoms with Crippen LogP contribution in [-0.4, -0.2) is 58.6 Å². The summed E-state index contributed by atoms with van der Waals surface area (Å²) in [5, 5.41) is 13.4. The lowest BCUT2D eigenvalue weighted by Crippen LogP contribution is -2.52. The Labute approximate surface area is 170 Å². The molecule has 8 nitrogen and oxygen atoms in total. The van der Waals surface area contributed by atoms with Gasteiger partial charge >= 0.3 is 6.03 Å². The molecular weight excluding hydrogens is 399 g/mol. The topological polar surface area (TPSA) is 95.8 Å². The van der Waals surface area contributed by atoms with Crippen LogP contribution in [0, 0.1) is 15.9 Å². The Morgan fingerprint density at radius 1 is 1.00 bits per heavy atom. The zero-order chi connectivity index (χ0) is 20.8.